The van der Waals surface area contributed by atoms with Crippen LogP contribution in [0, 0.1) is 0 Å². The second-order valence-electron chi connectivity index (χ2n) is 2.57. The summed E-state index contributed by atoms with van der Waals surface area (Å²) < 4.78 is 0. The Morgan fingerprint density at radius 3 is 2.77 bits per heavy atom. The molecule has 0 aliphatic rings. The normalized spacial score (nSPS) is 10.6. The summed E-state index contributed by atoms with van der Waals surface area (Å²) in [6.07, 6.45) is 1.61. The van der Waals surface area contributed by atoms with E-state index >= 15 is 0 Å². The summed E-state index contributed by atoms with van der Waals surface area (Å²) in [6, 6.07) is 3.36. The summed E-state index contributed by atoms with van der Waals surface area (Å²) in [5.41, 5.74) is 1.14. The van der Waals surface area contributed by atoms with Crippen LogP contribution in [0.25, 0.3) is 10.9 Å². The predicted octanol–water partition coefficient (Wildman–Crippen LogP) is 1.73. The molecule has 2 rings (SSSR count). The van der Waals surface area contributed by atoms with Crippen molar-refractivity contribution in [3.05, 3.63) is 28.6 Å². The Morgan fingerprint density at radius 1 is 1.23 bits per heavy atom. The summed E-state index contributed by atoms with van der Waals surface area (Å²) in [4.78, 5) is 7.96. The maximum absolute atomic E-state index is 5.74. The minimum atomic E-state index is 0.287. The first kappa shape index (κ1) is 8.79. The monoisotopic (exact) mass is 208 g/mol. The maximum atomic E-state index is 5.74. The summed E-state index contributed by atoms with van der Waals surface area (Å²) in [6.45, 7) is 0. The average Bonchev–Trinajstić information content (AvgIpc) is 2.08. The van der Waals surface area contributed by atoms with Crippen molar-refractivity contribution in [2.75, 3.05) is 0 Å². The first-order valence-corrected chi connectivity index (χ1v) is 4.29. The van der Waals surface area contributed by atoms with Gasteiger partial charge in [0.15, 0.2) is 0 Å². The molecular weight excluding hydrogens is 206 g/mol. The largest absolute Gasteiger partial charge is 0.244 e. The molecule has 2 heterocycles. The van der Waals surface area contributed by atoms with Crippen molar-refractivity contribution in [3.63, 3.8) is 0 Å². The van der Waals surface area contributed by atoms with E-state index in [1.54, 1.807) is 18.3 Å². The fraction of sp³-hybridized carbons (Fsp3) is 0. The van der Waals surface area contributed by atoms with Crippen molar-refractivity contribution >= 4 is 47.4 Å². The Balaban J connectivity index is 2.81. The number of fused-ring (bicyclic) bond motifs is 1. The van der Waals surface area contributed by atoms with E-state index in [2.05, 4.69) is 9.97 Å². The standard InChI is InChI=1S/C8H3BCl2N2/c9-5-1-4-3-12-7(10)2-6(4)13-8(5)11/h1-3H. The molecule has 0 aliphatic carbocycles. The molecule has 2 radical (unpaired) electrons. The molecule has 5 heteroatoms. The highest BCUT2D eigenvalue weighted by Crippen LogP contribution is 2.15. The minimum absolute atomic E-state index is 0.287. The SMILES string of the molecule is [B]c1cc2cnc(Cl)cc2nc1Cl. The van der Waals surface area contributed by atoms with E-state index in [1.807, 2.05) is 0 Å². The molecule has 0 N–H and O–H groups in total. The second kappa shape index (κ2) is 3.16. The number of hydrogen-bond acceptors (Lipinski definition) is 2. The van der Waals surface area contributed by atoms with Gasteiger partial charge in [0.2, 0.25) is 0 Å². The van der Waals surface area contributed by atoms with Gasteiger partial charge in [-0.1, -0.05) is 34.7 Å². The van der Waals surface area contributed by atoms with Crippen LogP contribution in [0.15, 0.2) is 18.3 Å². The van der Waals surface area contributed by atoms with Crippen LogP contribution in [0.5, 0.6) is 0 Å². The molecular formula is C8H3BCl2N2. The van der Waals surface area contributed by atoms with E-state index in [0.29, 0.717) is 16.1 Å². The summed E-state index contributed by atoms with van der Waals surface area (Å²) in [5, 5.41) is 1.50. The van der Waals surface area contributed by atoms with Crippen molar-refractivity contribution in [3.8, 4) is 0 Å². The van der Waals surface area contributed by atoms with Gasteiger partial charge < -0.3 is 0 Å². The zero-order valence-electron chi connectivity index (χ0n) is 6.46. The summed E-state index contributed by atoms with van der Waals surface area (Å²) in [7, 11) is 5.57. The smallest absolute Gasteiger partial charge is 0.131 e. The van der Waals surface area contributed by atoms with E-state index in [9.17, 15) is 0 Å². The molecule has 13 heavy (non-hydrogen) atoms. The van der Waals surface area contributed by atoms with Gasteiger partial charge >= 0.3 is 0 Å². The van der Waals surface area contributed by atoms with Gasteiger partial charge in [0.25, 0.3) is 0 Å². The molecule has 0 fully saturated rings. The zero-order chi connectivity index (χ0) is 9.42. The first-order valence-electron chi connectivity index (χ1n) is 3.54. The van der Waals surface area contributed by atoms with E-state index in [1.165, 1.54) is 0 Å². The van der Waals surface area contributed by atoms with Crippen LogP contribution in [0.3, 0.4) is 0 Å². The first-order chi connectivity index (χ1) is 6.16. The lowest BCUT2D eigenvalue weighted by Crippen LogP contribution is -2.05. The molecule has 0 amide bonds. The molecule has 0 spiro atoms. The third-order valence-corrected chi connectivity index (χ3v) is 2.16. The van der Waals surface area contributed by atoms with Crippen molar-refractivity contribution in [2.24, 2.45) is 0 Å². The van der Waals surface area contributed by atoms with E-state index < -0.39 is 0 Å². The number of hydrogen-bond donors (Lipinski definition) is 0. The van der Waals surface area contributed by atoms with Crippen molar-refractivity contribution in [1.29, 1.82) is 0 Å². The van der Waals surface area contributed by atoms with E-state index in [4.69, 9.17) is 31.0 Å². The molecule has 0 aromatic carbocycles. The van der Waals surface area contributed by atoms with Gasteiger partial charge in [0.05, 0.1) is 5.52 Å². The third kappa shape index (κ3) is 1.62. The zero-order valence-corrected chi connectivity index (χ0v) is 7.97. The fourth-order valence-corrected chi connectivity index (χ4v) is 1.33. The molecule has 2 aromatic rings. The molecule has 0 bridgehead atoms. The molecule has 2 nitrogen and oxygen atoms in total. The molecule has 0 unspecified atom stereocenters. The van der Waals surface area contributed by atoms with Crippen LogP contribution < -0.4 is 5.46 Å². The van der Waals surface area contributed by atoms with Gasteiger partial charge in [-0.05, 0) is 0 Å². The van der Waals surface area contributed by atoms with Gasteiger partial charge in [-0.25, -0.2) is 9.97 Å². The average molecular weight is 209 g/mol. The lowest BCUT2D eigenvalue weighted by Gasteiger charge is -2.00. The number of pyridine rings is 2. The Bertz CT molecular complexity index is 473. The van der Waals surface area contributed by atoms with Crippen LogP contribution in [-0.2, 0) is 0 Å². The van der Waals surface area contributed by atoms with Crippen LogP contribution in [0.1, 0.15) is 0 Å². The number of halogens is 2. The van der Waals surface area contributed by atoms with Gasteiger partial charge in [0, 0.05) is 17.6 Å². The van der Waals surface area contributed by atoms with Gasteiger partial charge in [-0.2, -0.15) is 0 Å². The highest BCUT2D eigenvalue weighted by Gasteiger charge is 2.01. The van der Waals surface area contributed by atoms with Gasteiger partial charge in [-0.15, -0.1) is 0 Å². The van der Waals surface area contributed by atoms with Crippen molar-refractivity contribution in [1.82, 2.24) is 9.97 Å². The van der Waals surface area contributed by atoms with Gasteiger partial charge in [-0.3, -0.25) is 0 Å². The van der Waals surface area contributed by atoms with Crippen molar-refractivity contribution in [2.45, 2.75) is 0 Å². The Hall–Kier alpha value is -0.795. The van der Waals surface area contributed by atoms with Crippen LogP contribution >= 0.6 is 23.2 Å². The van der Waals surface area contributed by atoms with Gasteiger partial charge in [0.1, 0.15) is 18.2 Å². The Kier molecular flexibility index (Phi) is 2.14. The topological polar surface area (TPSA) is 25.8 Å². The molecule has 0 saturated heterocycles. The summed E-state index contributed by atoms with van der Waals surface area (Å²) >= 11 is 11.4. The highest BCUT2D eigenvalue weighted by atomic mass is 35.5. The second-order valence-corrected chi connectivity index (χ2v) is 3.31. The Morgan fingerprint density at radius 2 is 2.00 bits per heavy atom. The van der Waals surface area contributed by atoms with Crippen LogP contribution in [-0.4, -0.2) is 17.8 Å². The van der Waals surface area contributed by atoms with E-state index in [-0.39, 0.29) is 5.15 Å². The molecule has 0 saturated carbocycles. The fourth-order valence-electron chi connectivity index (χ4n) is 1.04. The maximum Gasteiger partial charge on any atom is 0.131 e. The number of rotatable bonds is 0. The predicted molar refractivity (Wildman–Crippen MR) is 54.9 cm³/mol. The van der Waals surface area contributed by atoms with Crippen LogP contribution in [0.4, 0.5) is 0 Å². The molecule has 2 aromatic heterocycles. The Labute approximate surface area is 86.3 Å². The lowest BCUT2D eigenvalue weighted by atomic mass is 9.97. The van der Waals surface area contributed by atoms with Crippen LogP contribution in [0.2, 0.25) is 10.3 Å². The molecule has 62 valence electrons. The lowest BCUT2D eigenvalue weighted by molar-refractivity contribution is 1.33. The highest BCUT2D eigenvalue weighted by molar-refractivity contribution is 6.44. The number of nitrogens with zero attached hydrogens (tertiary/aromatic N) is 2. The minimum Gasteiger partial charge on any atom is -0.244 e. The third-order valence-electron chi connectivity index (χ3n) is 1.65. The molecule has 0 atom stereocenters. The molecule has 0 aliphatic heterocycles. The number of aromatic nitrogens is 2. The summed E-state index contributed by atoms with van der Waals surface area (Å²) in [5.74, 6) is 0. The van der Waals surface area contributed by atoms with Crippen molar-refractivity contribution < 1.29 is 0 Å². The quantitative estimate of drug-likeness (QED) is 0.487. The van der Waals surface area contributed by atoms with E-state index in [0.717, 1.165) is 5.39 Å².